The average molecular weight is 516 g/mol. The van der Waals surface area contributed by atoms with Gasteiger partial charge >= 0.3 is 0 Å². The summed E-state index contributed by atoms with van der Waals surface area (Å²) in [5.41, 5.74) is 3.64. The monoisotopic (exact) mass is 515 g/mol. The van der Waals surface area contributed by atoms with Crippen LogP contribution in [-0.4, -0.2) is 28.9 Å². The number of nitrogens with zero attached hydrogens (tertiary/aromatic N) is 2. The lowest BCUT2D eigenvalue weighted by Crippen LogP contribution is -2.15. The quantitative estimate of drug-likeness (QED) is 0.356. The maximum Gasteiger partial charge on any atom is 0.226 e. The molecule has 8 heteroatoms. The van der Waals surface area contributed by atoms with Crippen LogP contribution in [0.25, 0.3) is 0 Å². The number of halogens is 1. The Morgan fingerprint density at radius 2 is 1.70 bits per heavy atom. The van der Waals surface area contributed by atoms with Crippen molar-refractivity contribution in [1.29, 1.82) is 0 Å². The summed E-state index contributed by atoms with van der Waals surface area (Å²) < 4.78 is 20.0. The minimum Gasteiger partial charge on any atom is -0.490 e. The molecule has 0 saturated heterocycles. The van der Waals surface area contributed by atoms with Gasteiger partial charge in [-0.1, -0.05) is 6.07 Å². The van der Waals surface area contributed by atoms with E-state index in [1.807, 2.05) is 74.8 Å². The van der Waals surface area contributed by atoms with E-state index in [9.17, 15) is 4.79 Å². The summed E-state index contributed by atoms with van der Waals surface area (Å²) in [4.78, 5) is 12.3. The molecule has 0 fully saturated rings. The highest BCUT2D eigenvalue weighted by Crippen LogP contribution is 2.29. The van der Waals surface area contributed by atoms with E-state index in [-0.39, 0.29) is 5.91 Å². The minimum absolute atomic E-state index is 0.0646. The number of rotatable bonds is 11. The summed E-state index contributed by atoms with van der Waals surface area (Å²) in [6.07, 6.45) is 0.340. The number of aryl methyl sites for hydroxylation is 2. The van der Waals surface area contributed by atoms with E-state index in [2.05, 4.69) is 26.3 Å². The number of amides is 1. The lowest BCUT2D eigenvalue weighted by molar-refractivity contribution is -0.116. The van der Waals surface area contributed by atoms with Gasteiger partial charge in [0.1, 0.15) is 12.4 Å². The van der Waals surface area contributed by atoms with Gasteiger partial charge in [0.05, 0.1) is 29.9 Å². The van der Waals surface area contributed by atoms with Crippen LogP contribution in [0.15, 0.2) is 46.9 Å². The van der Waals surface area contributed by atoms with Gasteiger partial charge in [0.2, 0.25) is 5.91 Å². The standard InChI is InChI=1S/C25H30BrN3O4/c1-5-31-22-12-7-19(15-23(22)32-6-2)16-33-21-10-8-20(9-11-21)27-24(30)13-14-29-18(4)25(26)17(3)28-29/h7-12,15H,5-6,13-14,16H2,1-4H3,(H,27,30). The molecule has 0 atom stereocenters. The molecular weight excluding hydrogens is 486 g/mol. The number of carbonyl (C=O) groups is 1. The second-order valence-electron chi connectivity index (χ2n) is 7.47. The first-order valence-electron chi connectivity index (χ1n) is 11.0. The van der Waals surface area contributed by atoms with Crippen LogP contribution >= 0.6 is 15.9 Å². The zero-order valence-electron chi connectivity index (χ0n) is 19.5. The highest BCUT2D eigenvalue weighted by molar-refractivity contribution is 9.10. The Morgan fingerprint density at radius 3 is 2.33 bits per heavy atom. The zero-order chi connectivity index (χ0) is 23.8. The molecule has 0 radical (unpaired) electrons. The topological polar surface area (TPSA) is 74.6 Å². The molecule has 1 aromatic heterocycles. The number of carbonyl (C=O) groups excluding carboxylic acids is 1. The first-order valence-corrected chi connectivity index (χ1v) is 11.8. The fourth-order valence-electron chi connectivity index (χ4n) is 3.31. The van der Waals surface area contributed by atoms with Crippen molar-refractivity contribution in [1.82, 2.24) is 9.78 Å². The Bertz CT molecular complexity index is 1080. The third kappa shape index (κ3) is 6.74. The average Bonchev–Trinajstić information content (AvgIpc) is 3.05. The van der Waals surface area contributed by atoms with Crippen molar-refractivity contribution in [3.8, 4) is 17.2 Å². The number of benzene rings is 2. The molecule has 0 unspecified atom stereocenters. The summed E-state index contributed by atoms with van der Waals surface area (Å²) in [5, 5.41) is 7.35. The molecular formula is C25H30BrN3O4. The summed E-state index contributed by atoms with van der Waals surface area (Å²) in [6, 6.07) is 13.1. The number of ether oxygens (including phenoxy) is 3. The van der Waals surface area contributed by atoms with Gasteiger partial charge in [0, 0.05) is 17.8 Å². The van der Waals surface area contributed by atoms with Crippen molar-refractivity contribution >= 4 is 27.5 Å². The fraction of sp³-hybridized carbons (Fsp3) is 0.360. The second kappa shape index (κ2) is 11.7. The molecule has 1 heterocycles. The van der Waals surface area contributed by atoms with Crippen molar-refractivity contribution in [3.05, 3.63) is 63.9 Å². The molecule has 0 aliphatic carbocycles. The number of aromatic nitrogens is 2. The largest absolute Gasteiger partial charge is 0.490 e. The van der Waals surface area contributed by atoms with Gasteiger partial charge in [-0.25, -0.2) is 0 Å². The van der Waals surface area contributed by atoms with Crippen molar-refractivity contribution < 1.29 is 19.0 Å². The van der Waals surface area contributed by atoms with E-state index >= 15 is 0 Å². The fourth-order valence-corrected chi connectivity index (χ4v) is 3.59. The lowest BCUT2D eigenvalue weighted by atomic mass is 10.2. The maximum atomic E-state index is 12.3. The molecule has 7 nitrogen and oxygen atoms in total. The highest BCUT2D eigenvalue weighted by Gasteiger charge is 2.11. The van der Waals surface area contributed by atoms with Crippen LogP contribution in [0.2, 0.25) is 0 Å². The smallest absolute Gasteiger partial charge is 0.226 e. The van der Waals surface area contributed by atoms with Crippen molar-refractivity contribution in [3.63, 3.8) is 0 Å². The molecule has 0 aliphatic rings. The van der Waals surface area contributed by atoms with Gasteiger partial charge in [0.15, 0.2) is 11.5 Å². The van der Waals surface area contributed by atoms with Gasteiger partial charge in [-0.3, -0.25) is 9.48 Å². The van der Waals surface area contributed by atoms with E-state index in [0.717, 1.165) is 32.9 Å². The number of nitrogens with one attached hydrogen (secondary N) is 1. The van der Waals surface area contributed by atoms with Gasteiger partial charge in [0.25, 0.3) is 0 Å². The minimum atomic E-state index is -0.0646. The van der Waals surface area contributed by atoms with E-state index in [1.54, 1.807) is 0 Å². The number of anilines is 1. The van der Waals surface area contributed by atoms with Crippen LogP contribution in [0, 0.1) is 13.8 Å². The summed E-state index contributed by atoms with van der Waals surface area (Å²) in [5.74, 6) is 2.09. The first kappa shape index (κ1) is 24.6. The van der Waals surface area contributed by atoms with Crippen molar-refractivity contribution in [2.24, 2.45) is 0 Å². The molecule has 0 spiro atoms. The Hall–Kier alpha value is -3.00. The second-order valence-corrected chi connectivity index (χ2v) is 8.26. The Kier molecular flexibility index (Phi) is 8.77. The first-order chi connectivity index (χ1) is 15.9. The van der Waals surface area contributed by atoms with Crippen LogP contribution in [0.1, 0.15) is 37.2 Å². The van der Waals surface area contributed by atoms with Crippen LogP contribution in [-0.2, 0) is 17.9 Å². The summed E-state index contributed by atoms with van der Waals surface area (Å²) in [6.45, 7) is 9.87. The van der Waals surface area contributed by atoms with Gasteiger partial charge in [-0.15, -0.1) is 0 Å². The van der Waals surface area contributed by atoms with Gasteiger partial charge < -0.3 is 19.5 Å². The van der Waals surface area contributed by atoms with Gasteiger partial charge in [-0.2, -0.15) is 5.10 Å². The van der Waals surface area contributed by atoms with Crippen molar-refractivity contribution in [2.45, 2.75) is 47.3 Å². The molecule has 176 valence electrons. The highest BCUT2D eigenvalue weighted by atomic mass is 79.9. The number of hydrogen-bond donors (Lipinski definition) is 1. The SMILES string of the molecule is CCOc1ccc(COc2ccc(NC(=O)CCn3nc(C)c(Br)c3C)cc2)cc1OCC. The third-order valence-corrected chi connectivity index (χ3v) is 6.14. The summed E-state index contributed by atoms with van der Waals surface area (Å²) >= 11 is 3.51. The predicted molar refractivity (Wildman–Crippen MR) is 132 cm³/mol. The Balaban J connectivity index is 1.51. The third-order valence-electron chi connectivity index (χ3n) is 5.00. The van der Waals surface area contributed by atoms with E-state index in [1.165, 1.54) is 0 Å². The zero-order valence-corrected chi connectivity index (χ0v) is 21.1. The van der Waals surface area contributed by atoms with E-state index in [0.29, 0.717) is 44.3 Å². The molecule has 3 aromatic rings. The molecule has 2 aromatic carbocycles. The van der Waals surface area contributed by atoms with E-state index < -0.39 is 0 Å². The molecule has 1 N–H and O–H groups in total. The predicted octanol–water partition coefficient (Wildman–Crippen LogP) is 5.67. The van der Waals surface area contributed by atoms with Crippen LogP contribution in [0.3, 0.4) is 0 Å². The lowest BCUT2D eigenvalue weighted by Gasteiger charge is -2.13. The summed E-state index contributed by atoms with van der Waals surface area (Å²) in [7, 11) is 0. The Morgan fingerprint density at radius 1 is 1.00 bits per heavy atom. The van der Waals surface area contributed by atoms with Crippen LogP contribution in [0.5, 0.6) is 17.2 Å². The molecule has 3 rings (SSSR count). The van der Waals surface area contributed by atoms with E-state index in [4.69, 9.17) is 14.2 Å². The molecule has 0 saturated carbocycles. The number of hydrogen-bond acceptors (Lipinski definition) is 5. The van der Waals surface area contributed by atoms with Gasteiger partial charge in [-0.05, 0) is 85.6 Å². The molecule has 0 aliphatic heterocycles. The Labute approximate surface area is 203 Å². The van der Waals surface area contributed by atoms with Crippen LogP contribution < -0.4 is 19.5 Å². The molecule has 1 amide bonds. The van der Waals surface area contributed by atoms with Crippen molar-refractivity contribution in [2.75, 3.05) is 18.5 Å². The molecule has 0 bridgehead atoms. The normalized spacial score (nSPS) is 10.7. The molecule has 33 heavy (non-hydrogen) atoms. The van der Waals surface area contributed by atoms with Crippen LogP contribution in [0.4, 0.5) is 5.69 Å². The maximum absolute atomic E-state index is 12.3.